The van der Waals surface area contributed by atoms with Gasteiger partial charge in [0, 0.05) is 10.1 Å². The Morgan fingerprint density at radius 1 is 1.20 bits per heavy atom. The molecule has 5 heteroatoms. The molecule has 0 bridgehead atoms. The van der Waals surface area contributed by atoms with E-state index in [2.05, 4.69) is 4.98 Å². The molecule has 4 nitrogen and oxygen atoms in total. The van der Waals surface area contributed by atoms with Gasteiger partial charge in [-0.15, -0.1) is 11.3 Å². The standard InChI is InChI=1S/C10H5NO3S/c12-9-8-7(14-10(13)11-9)5-3-1-2-4-6(5)15-8/h1-4H,(H,11,12,13). The number of nitrogens with one attached hydrogen (secondary N) is 1. The average Bonchev–Trinajstić information content (AvgIpc) is 2.57. The van der Waals surface area contributed by atoms with E-state index in [9.17, 15) is 9.59 Å². The number of fused-ring (bicyclic) bond motifs is 3. The van der Waals surface area contributed by atoms with Gasteiger partial charge in [0.1, 0.15) is 4.70 Å². The van der Waals surface area contributed by atoms with E-state index in [0.29, 0.717) is 10.3 Å². The van der Waals surface area contributed by atoms with Gasteiger partial charge in [0.2, 0.25) is 0 Å². The summed E-state index contributed by atoms with van der Waals surface area (Å²) in [6.07, 6.45) is 0. The largest absolute Gasteiger partial charge is 0.419 e. The van der Waals surface area contributed by atoms with Crippen molar-refractivity contribution in [3.8, 4) is 0 Å². The maximum atomic E-state index is 11.5. The Balaban J connectivity index is 2.73. The predicted octanol–water partition coefficient (Wildman–Crippen LogP) is 1.70. The molecule has 1 N–H and O–H groups in total. The fraction of sp³-hybridized carbons (Fsp3) is 0. The smallest absolute Gasteiger partial charge is 0.408 e. The van der Waals surface area contributed by atoms with Crippen molar-refractivity contribution >= 4 is 31.7 Å². The summed E-state index contributed by atoms with van der Waals surface area (Å²) in [5.41, 5.74) is -0.00759. The number of aromatic amines is 1. The maximum Gasteiger partial charge on any atom is 0.419 e. The summed E-state index contributed by atoms with van der Waals surface area (Å²) in [6, 6.07) is 7.44. The number of benzene rings is 1. The lowest BCUT2D eigenvalue weighted by molar-refractivity contribution is 0.532. The van der Waals surface area contributed by atoms with Crippen LogP contribution in [0.1, 0.15) is 0 Å². The van der Waals surface area contributed by atoms with Gasteiger partial charge < -0.3 is 4.42 Å². The van der Waals surface area contributed by atoms with E-state index in [0.717, 1.165) is 10.1 Å². The summed E-state index contributed by atoms with van der Waals surface area (Å²) in [6.45, 7) is 0. The molecule has 0 saturated carbocycles. The minimum atomic E-state index is -0.712. The zero-order valence-electron chi connectivity index (χ0n) is 7.44. The van der Waals surface area contributed by atoms with Gasteiger partial charge in [0.25, 0.3) is 5.56 Å². The van der Waals surface area contributed by atoms with E-state index in [-0.39, 0.29) is 5.56 Å². The molecule has 2 aromatic heterocycles. The molecule has 1 aromatic carbocycles. The Bertz CT molecular complexity index is 765. The lowest BCUT2D eigenvalue weighted by Gasteiger charge is -1.87. The van der Waals surface area contributed by atoms with Crippen LogP contribution in [0.4, 0.5) is 0 Å². The van der Waals surface area contributed by atoms with Crippen LogP contribution >= 0.6 is 11.3 Å². The second-order valence-corrected chi connectivity index (χ2v) is 4.15. The number of aromatic nitrogens is 1. The Morgan fingerprint density at radius 2 is 2.00 bits per heavy atom. The number of H-pyrrole nitrogens is 1. The minimum Gasteiger partial charge on any atom is -0.408 e. The van der Waals surface area contributed by atoms with Gasteiger partial charge in [-0.25, -0.2) is 4.79 Å². The van der Waals surface area contributed by atoms with Crippen LogP contribution in [0.2, 0.25) is 0 Å². The zero-order valence-corrected chi connectivity index (χ0v) is 8.26. The van der Waals surface area contributed by atoms with Crippen molar-refractivity contribution in [3.05, 3.63) is 45.2 Å². The molecular weight excluding hydrogens is 214 g/mol. The maximum absolute atomic E-state index is 11.5. The number of hydrogen-bond donors (Lipinski definition) is 1. The minimum absolute atomic E-state index is 0.379. The second kappa shape index (κ2) is 2.80. The Labute approximate surface area is 86.8 Å². The van der Waals surface area contributed by atoms with E-state index in [1.54, 1.807) is 0 Å². The van der Waals surface area contributed by atoms with Crippen molar-refractivity contribution < 1.29 is 4.42 Å². The van der Waals surface area contributed by atoms with Gasteiger partial charge in [0.05, 0.1) is 0 Å². The first-order chi connectivity index (χ1) is 7.25. The predicted molar refractivity (Wildman–Crippen MR) is 58.5 cm³/mol. The molecule has 0 saturated heterocycles. The van der Waals surface area contributed by atoms with Crippen molar-refractivity contribution in [2.75, 3.05) is 0 Å². The number of hydrogen-bond acceptors (Lipinski definition) is 4. The Kier molecular flexibility index (Phi) is 1.58. The van der Waals surface area contributed by atoms with Crippen LogP contribution in [-0.2, 0) is 0 Å². The first kappa shape index (κ1) is 8.43. The molecule has 0 amide bonds. The van der Waals surface area contributed by atoms with E-state index in [1.165, 1.54) is 11.3 Å². The number of rotatable bonds is 0. The third-order valence-corrected chi connectivity index (χ3v) is 3.32. The molecular formula is C10H5NO3S. The Hall–Kier alpha value is -1.88. The van der Waals surface area contributed by atoms with Gasteiger partial charge in [-0.05, 0) is 12.1 Å². The topological polar surface area (TPSA) is 63.1 Å². The highest BCUT2D eigenvalue weighted by molar-refractivity contribution is 7.25. The molecule has 15 heavy (non-hydrogen) atoms. The molecule has 3 aromatic rings. The quantitative estimate of drug-likeness (QED) is 0.625. The van der Waals surface area contributed by atoms with Crippen molar-refractivity contribution in [1.29, 1.82) is 0 Å². The molecule has 0 unspecified atom stereocenters. The molecule has 0 atom stereocenters. The van der Waals surface area contributed by atoms with Crippen molar-refractivity contribution in [2.24, 2.45) is 0 Å². The summed E-state index contributed by atoms with van der Waals surface area (Å²) < 4.78 is 6.39. The first-order valence-corrected chi connectivity index (χ1v) is 5.12. The third-order valence-electron chi connectivity index (χ3n) is 2.17. The molecule has 0 aliphatic heterocycles. The fourth-order valence-electron chi connectivity index (χ4n) is 1.54. The normalized spacial score (nSPS) is 11.2. The third kappa shape index (κ3) is 1.13. The summed E-state index contributed by atoms with van der Waals surface area (Å²) in [5, 5.41) is 0.806. The fourth-order valence-corrected chi connectivity index (χ4v) is 2.57. The SMILES string of the molecule is O=c1[nH]c(=O)c2sc3ccccc3c2o1. The lowest BCUT2D eigenvalue weighted by Crippen LogP contribution is -2.16. The first-order valence-electron chi connectivity index (χ1n) is 4.30. The monoisotopic (exact) mass is 219 g/mol. The van der Waals surface area contributed by atoms with Crippen LogP contribution in [0.15, 0.2) is 38.3 Å². The molecule has 0 radical (unpaired) electrons. The van der Waals surface area contributed by atoms with Gasteiger partial charge in [-0.2, -0.15) is 0 Å². The van der Waals surface area contributed by atoms with E-state index >= 15 is 0 Å². The molecule has 0 fully saturated rings. The van der Waals surface area contributed by atoms with E-state index < -0.39 is 5.76 Å². The van der Waals surface area contributed by atoms with Gasteiger partial charge in [0.15, 0.2) is 5.58 Å². The van der Waals surface area contributed by atoms with Crippen LogP contribution in [-0.4, -0.2) is 4.98 Å². The highest BCUT2D eigenvalue weighted by Gasteiger charge is 2.10. The van der Waals surface area contributed by atoms with Crippen molar-refractivity contribution in [2.45, 2.75) is 0 Å². The van der Waals surface area contributed by atoms with Gasteiger partial charge in [-0.3, -0.25) is 9.78 Å². The second-order valence-electron chi connectivity index (χ2n) is 3.10. The molecule has 0 spiro atoms. The Morgan fingerprint density at radius 3 is 2.87 bits per heavy atom. The summed E-state index contributed by atoms with van der Waals surface area (Å²) in [5.74, 6) is -0.712. The van der Waals surface area contributed by atoms with Crippen molar-refractivity contribution in [1.82, 2.24) is 4.98 Å². The molecule has 74 valence electrons. The summed E-state index contributed by atoms with van der Waals surface area (Å²) in [4.78, 5) is 24.6. The highest BCUT2D eigenvalue weighted by Crippen LogP contribution is 2.29. The molecule has 3 rings (SSSR count). The average molecular weight is 219 g/mol. The van der Waals surface area contributed by atoms with Gasteiger partial charge in [-0.1, -0.05) is 12.1 Å². The molecule has 0 aliphatic rings. The summed E-state index contributed by atoms with van der Waals surface area (Å²) in [7, 11) is 0. The van der Waals surface area contributed by atoms with Crippen molar-refractivity contribution in [3.63, 3.8) is 0 Å². The van der Waals surface area contributed by atoms with Crippen LogP contribution < -0.4 is 11.3 Å². The number of thiophene rings is 1. The molecule has 0 aliphatic carbocycles. The lowest BCUT2D eigenvalue weighted by atomic mass is 10.2. The van der Waals surface area contributed by atoms with Gasteiger partial charge >= 0.3 is 5.76 Å². The molecule has 2 heterocycles. The van der Waals surface area contributed by atoms with Crippen LogP contribution in [0.25, 0.3) is 20.4 Å². The zero-order chi connectivity index (χ0) is 10.4. The van der Waals surface area contributed by atoms with Crippen LogP contribution in [0.3, 0.4) is 0 Å². The van der Waals surface area contributed by atoms with Crippen LogP contribution in [0.5, 0.6) is 0 Å². The van der Waals surface area contributed by atoms with E-state index in [4.69, 9.17) is 4.42 Å². The highest BCUT2D eigenvalue weighted by atomic mass is 32.1. The summed E-state index contributed by atoms with van der Waals surface area (Å²) >= 11 is 1.32. The van der Waals surface area contributed by atoms with Crippen LogP contribution in [0, 0.1) is 0 Å². The van der Waals surface area contributed by atoms with E-state index in [1.807, 2.05) is 24.3 Å².